The maximum Gasteiger partial charge on any atom is 0.262 e. The van der Waals surface area contributed by atoms with Crippen LogP contribution < -0.4 is 10.1 Å². The molecule has 0 atom stereocenters. The van der Waals surface area contributed by atoms with Crippen molar-refractivity contribution in [2.75, 3.05) is 11.9 Å². The van der Waals surface area contributed by atoms with E-state index < -0.39 is 0 Å². The summed E-state index contributed by atoms with van der Waals surface area (Å²) in [4.78, 5) is 17.0. The monoisotopic (exact) mass is 464 g/mol. The zero-order valence-corrected chi connectivity index (χ0v) is 18.5. The summed E-state index contributed by atoms with van der Waals surface area (Å²) in [6, 6.07) is 17.3. The van der Waals surface area contributed by atoms with Crippen molar-refractivity contribution >= 4 is 38.6 Å². The van der Waals surface area contributed by atoms with Gasteiger partial charge in [-0.1, -0.05) is 18.2 Å². The Morgan fingerprint density at radius 2 is 1.90 bits per heavy atom. The average Bonchev–Trinajstić information content (AvgIpc) is 3.10. The minimum Gasteiger partial charge on any atom is -0.482 e. The number of oxazole rings is 1. The molecule has 4 aromatic rings. The van der Waals surface area contributed by atoms with Crippen molar-refractivity contribution in [2.24, 2.45) is 0 Å². The van der Waals surface area contributed by atoms with Gasteiger partial charge >= 0.3 is 0 Å². The Bertz CT molecular complexity index is 1220. The van der Waals surface area contributed by atoms with Crippen LogP contribution >= 0.6 is 15.9 Å². The molecule has 3 aromatic carbocycles. The van der Waals surface area contributed by atoms with Crippen LogP contribution in [0.15, 0.2) is 63.5 Å². The van der Waals surface area contributed by atoms with Gasteiger partial charge in [0.15, 0.2) is 12.2 Å². The summed E-state index contributed by atoms with van der Waals surface area (Å²) in [5.74, 6) is 0.945. The molecule has 1 heterocycles. The number of halogens is 1. The van der Waals surface area contributed by atoms with E-state index in [0.717, 1.165) is 37.8 Å². The number of anilines is 1. The lowest BCUT2D eigenvalue weighted by molar-refractivity contribution is -0.118. The first-order valence-electron chi connectivity index (χ1n) is 9.56. The summed E-state index contributed by atoms with van der Waals surface area (Å²) in [7, 11) is 0. The molecule has 0 saturated carbocycles. The minimum atomic E-state index is -0.243. The molecule has 5 nitrogen and oxygen atoms in total. The summed E-state index contributed by atoms with van der Waals surface area (Å²) in [5, 5.41) is 2.87. The third-order valence-corrected chi connectivity index (χ3v) is 5.25. The number of ether oxygens (including phenoxy) is 1. The van der Waals surface area contributed by atoms with Crippen molar-refractivity contribution in [2.45, 2.75) is 20.8 Å². The molecule has 0 aliphatic carbocycles. The highest BCUT2D eigenvalue weighted by Gasteiger charge is 2.12. The van der Waals surface area contributed by atoms with Crippen molar-refractivity contribution in [1.82, 2.24) is 4.98 Å². The topological polar surface area (TPSA) is 64.4 Å². The Morgan fingerprint density at radius 3 is 2.70 bits per heavy atom. The lowest BCUT2D eigenvalue weighted by Gasteiger charge is -2.12. The molecule has 0 bridgehead atoms. The number of hydrogen-bond donors (Lipinski definition) is 1. The molecule has 152 valence electrons. The molecule has 0 aliphatic heterocycles. The number of fused-ring (bicyclic) bond motifs is 1. The van der Waals surface area contributed by atoms with E-state index in [9.17, 15) is 4.79 Å². The Hall–Kier alpha value is -3.12. The molecule has 0 radical (unpaired) electrons. The largest absolute Gasteiger partial charge is 0.482 e. The molecule has 0 saturated heterocycles. The first-order chi connectivity index (χ1) is 14.4. The number of rotatable bonds is 5. The zero-order valence-electron chi connectivity index (χ0n) is 17.0. The lowest BCUT2D eigenvalue weighted by Crippen LogP contribution is -2.20. The van der Waals surface area contributed by atoms with Gasteiger partial charge in [0.2, 0.25) is 5.89 Å². The third kappa shape index (κ3) is 4.39. The fraction of sp³-hybridized carbons (Fsp3) is 0.167. The Labute approximate surface area is 183 Å². The number of amides is 1. The van der Waals surface area contributed by atoms with Gasteiger partial charge in [0.25, 0.3) is 5.91 Å². The number of nitrogens with zero attached hydrogens (tertiary/aromatic N) is 1. The number of carbonyl (C=O) groups is 1. The molecular formula is C24H21BrN2O3. The van der Waals surface area contributed by atoms with E-state index in [2.05, 4.69) is 26.2 Å². The van der Waals surface area contributed by atoms with Crippen molar-refractivity contribution in [3.8, 4) is 17.2 Å². The number of nitrogens with one attached hydrogen (secondary N) is 1. The Balaban J connectivity index is 1.47. The highest BCUT2D eigenvalue weighted by atomic mass is 79.9. The molecular weight excluding hydrogens is 444 g/mol. The quantitative estimate of drug-likeness (QED) is 0.381. The molecule has 0 fully saturated rings. The van der Waals surface area contributed by atoms with E-state index in [4.69, 9.17) is 9.15 Å². The van der Waals surface area contributed by atoms with Gasteiger partial charge in [-0.15, -0.1) is 0 Å². The summed E-state index contributed by atoms with van der Waals surface area (Å²) in [6.45, 7) is 5.90. The molecule has 30 heavy (non-hydrogen) atoms. The van der Waals surface area contributed by atoms with Crippen LogP contribution in [-0.4, -0.2) is 17.5 Å². The predicted octanol–water partition coefficient (Wildman–Crippen LogP) is 6.20. The lowest BCUT2D eigenvalue weighted by atomic mass is 10.1. The first kappa shape index (κ1) is 20.2. The van der Waals surface area contributed by atoms with Crippen LogP contribution in [0.4, 0.5) is 5.69 Å². The van der Waals surface area contributed by atoms with Crippen LogP contribution in [0.2, 0.25) is 0 Å². The van der Waals surface area contributed by atoms with E-state index in [1.54, 1.807) is 0 Å². The van der Waals surface area contributed by atoms with Crippen LogP contribution in [0.25, 0.3) is 22.6 Å². The van der Waals surface area contributed by atoms with E-state index in [0.29, 0.717) is 17.3 Å². The number of hydrogen-bond acceptors (Lipinski definition) is 4. The van der Waals surface area contributed by atoms with Crippen LogP contribution in [0, 0.1) is 20.8 Å². The van der Waals surface area contributed by atoms with E-state index in [1.165, 1.54) is 0 Å². The van der Waals surface area contributed by atoms with Gasteiger partial charge in [0.1, 0.15) is 11.3 Å². The standard InChI is InChI=1S/C24H21BrN2O3/c1-14-7-8-21-20(11-14)27-24(30-21)17-5-4-6-18(12-17)26-22(28)13-29-23-16(3)9-15(2)10-19(23)25/h4-12H,13H2,1-3H3,(H,26,28). The molecule has 1 N–H and O–H groups in total. The number of aryl methyl sites for hydroxylation is 3. The highest BCUT2D eigenvalue weighted by Crippen LogP contribution is 2.30. The summed E-state index contributed by atoms with van der Waals surface area (Å²) >= 11 is 3.50. The average molecular weight is 465 g/mol. The number of aromatic nitrogens is 1. The van der Waals surface area contributed by atoms with Gasteiger partial charge in [-0.2, -0.15) is 0 Å². The van der Waals surface area contributed by atoms with Crippen LogP contribution in [-0.2, 0) is 4.79 Å². The van der Waals surface area contributed by atoms with Crippen molar-refractivity contribution < 1.29 is 13.9 Å². The Morgan fingerprint density at radius 1 is 1.07 bits per heavy atom. The maximum absolute atomic E-state index is 12.4. The normalized spacial score (nSPS) is 10.9. The molecule has 0 aliphatic rings. The van der Waals surface area contributed by atoms with Crippen molar-refractivity contribution in [1.29, 1.82) is 0 Å². The van der Waals surface area contributed by atoms with Crippen molar-refractivity contribution in [3.63, 3.8) is 0 Å². The van der Waals surface area contributed by atoms with Crippen LogP contribution in [0.1, 0.15) is 16.7 Å². The second kappa shape index (κ2) is 8.32. The molecule has 0 spiro atoms. The van der Waals surface area contributed by atoms with Gasteiger partial charge in [0, 0.05) is 11.3 Å². The minimum absolute atomic E-state index is 0.0884. The van der Waals surface area contributed by atoms with Crippen LogP contribution in [0.5, 0.6) is 5.75 Å². The van der Waals surface area contributed by atoms with E-state index in [-0.39, 0.29) is 12.5 Å². The first-order valence-corrected chi connectivity index (χ1v) is 10.4. The molecule has 1 aromatic heterocycles. The summed E-state index contributed by atoms with van der Waals surface area (Å²) in [6.07, 6.45) is 0. The SMILES string of the molecule is Cc1cc(C)c(OCC(=O)Nc2cccc(-c3nc4cc(C)ccc4o3)c2)c(Br)c1. The van der Waals surface area contributed by atoms with Gasteiger partial charge in [-0.05, 0) is 89.8 Å². The van der Waals surface area contributed by atoms with Gasteiger partial charge < -0.3 is 14.5 Å². The fourth-order valence-corrected chi connectivity index (χ4v) is 4.10. The van der Waals surface area contributed by atoms with Gasteiger partial charge in [-0.3, -0.25) is 4.79 Å². The third-order valence-electron chi connectivity index (χ3n) is 4.66. The van der Waals surface area contributed by atoms with Crippen LogP contribution in [0.3, 0.4) is 0 Å². The highest BCUT2D eigenvalue weighted by molar-refractivity contribution is 9.10. The summed E-state index contributed by atoms with van der Waals surface area (Å²) in [5.41, 5.74) is 6.22. The molecule has 0 unspecified atom stereocenters. The second-order valence-electron chi connectivity index (χ2n) is 7.30. The van der Waals surface area contributed by atoms with Crippen molar-refractivity contribution in [3.05, 3.63) is 75.8 Å². The maximum atomic E-state index is 12.4. The second-order valence-corrected chi connectivity index (χ2v) is 8.15. The molecule has 6 heteroatoms. The smallest absolute Gasteiger partial charge is 0.262 e. The van der Waals surface area contributed by atoms with Gasteiger partial charge in [-0.25, -0.2) is 4.98 Å². The van der Waals surface area contributed by atoms with E-state index in [1.807, 2.05) is 75.4 Å². The van der Waals surface area contributed by atoms with E-state index >= 15 is 0 Å². The predicted molar refractivity (Wildman–Crippen MR) is 122 cm³/mol. The summed E-state index contributed by atoms with van der Waals surface area (Å²) < 4.78 is 12.4. The molecule has 1 amide bonds. The Kier molecular flexibility index (Phi) is 5.59. The zero-order chi connectivity index (χ0) is 21.3. The molecule has 4 rings (SSSR count). The number of benzene rings is 3. The van der Waals surface area contributed by atoms with Gasteiger partial charge in [0.05, 0.1) is 4.47 Å². The number of carbonyl (C=O) groups excluding carboxylic acids is 1. The fourth-order valence-electron chi connectivity index (χ4n) is 3.31.